The highest BCUT2D eigenvalue weighted by molar-refractivity contribution is 5.35. The third kappa shape index (κ3) is 1.54. The molecule has 0 fully saturated rings. The molecule has 0 amide bonds. The average molecular weight is 187 g/mol. The zero-order valence-corrected chi connectivity index (χ0v) is 8.14. The number of hydrogen-bond acceptors (Lipinski definition) is 2. The van der Waals surface area contributed by atoms with E-state index in [1.807, 2.05) is 41.9 Å². The van der Waals surface area contributed by atoms with Gasteiger partial charge >= 0.3 is 0 Å². The smallest absolute Gasteiger partial charge is 0.0648 e. The maximum Gasteiger partial charge on any atom is 0.0648 e. The van der Waals surface area contributed by atoms with Crippen LogP contribution in [0, 0.1) is 6.92 Å². The fraction of sp³-hybridized carbons (Fsp3) is 0.182. The predicted molar refractivity (Wildman–Crippen MR) is 56.2 cm³/mol. The van der Waals surface area contributed by atoms with E-state index >= 15 is 0 Å². The van der Waals surface area contributed by atoms with Gasteiger partial charge in [-0.05, 0) is 30.7 Å². The topological polar surface area (TPSA) is 43.8 Å². The monoisotopic (exact) mass is 187 g/mol. The molecule has 0 aliphatic rings. The van der Waals surface area contributed by atoms with Crippen molar-refractivity contribution in [3.8, 4) is 5.69 Å². The highest BCUT2D eigenvalue weighted by Crippen LogP contribution is 2.10. The Bertz CT molecular complexity index is 414. The number of nitrogens with zero attached hydrogens (tertiary/aromatic N) is 2. The van der Waals surface area contributed by atoms with Crippen LogP contribution in [0.5, 0.6) is 0 Å². The van der Waals surface area contributed by atoms with Gasteiger partial charge in [-0.15, -0.1) is 0 Å². The van der Waals surface area contributed by atoms with E-state index in [0.29, 0.717) is 6.54 Å². The standard InChI is InChI=1S/C11H13N3/c1-9-6-7-13-14(9)11-4-2-10(8-12)3-5-11/h2-7H,8,12H2,1H3. The highest BCUT2D eigenvalue weighted by Gasteiger charge is 1.99. The molecule has 1 aromatic carbocycles. The number of benzene rings is 1. The summed E-state index contributed by atoms with van der Waals surface area (Å²) < 4.78 is 1.90. The Morgan fingerprint density at radius 2 is 1.93 bits per heavy atom. The maximum atomic E-state index is 5.53. The normalized spacial score (nSPS) is 10.4. The summed E-state index contributed by atoms with van der Waals surface area (Å²) in [5.74, 6) is 0. The van der Waals surface area contributed by atoms with E-state index in [-0.39, 0.29) is 0 Å². The summed E-state index contributed by atoms with van der Waals surface area (Å²) in [6.07, 6.45) is 1.80. The van der Waals surface area contributed by atoms with E-state index in [9.17, 15) is 0 Å². The summed E-state index contributed by atoms with van der Waals surface area (Å²) in [4.78, 5) is 0. The van der Waals surface area contributed by atoms with E-state index in [4.69, 9.17) is 5.73 Å². The van der Waals surface area contributed by atoms with Crippen LogP contribution >= 0.6 is 0 Å². The molecule has 0 spiro atoms. The zero-order chi connectivity index (χ0) is 9.97. The van der Waals surface area contributed by atoms with Gasteiger partial charge in [-0.25, -0.2) is 4.68 Å². The van der Waals surface area contributed by atoms with Crippen LogP contribution in [0.2, 0.25) is 0 Å². The third-order valence-corrected chi connectivity index (χ3v) is 2.25. The second-order valence-electron chi connectivity index (χ2n) is 3.25. The average Bonchev–Trinajstić information content (AvgIpc) is 2.65. The van der Waals surface area contributed by atoms with Crippen molar-refractivity contribution in [1.82, 2.24) is 9.78 Å². The van der Waals surface area contributed by atoms with E-state index in [1.54, 1.807) is 6.20 Å². The first-order valence-electron chi connectivity index (χ1n) is 4.61. The molecule has 1 aromatic heterocycles. The van der Waals surface area contributed by atoms with Crippen LogP contribution in [-0.2, 0) is 6.54 Å². The first-order valence-corrected chi connectivity index (χ1v) is 4.61. The minimum Gasteiger partial charge on any atom is -0.326 e. The quantitative estimate of drug-likeness (QED) is 0.776. The van der Waals surface area contributed by atoms with Crippen LogP contribution < -0.4 is 5.73 Å². The molecule has 2 rings (SSSR count). The molecule has 72 valence electrons. The van der Waals surface area contributed by atoms with E-state index in [2.05, 4.69) is 5.10 Å². The van der Waals surface area contributed by atoms with Gasteiger partial charge in [0.25, 0.3) is 0 Å². The van der Waals surface area contributed by atoms with Crippen molar-refractivity contribution in [2.24, 2.45) is 5.73 Å². The van der Waals surface area contributed by atoms with Crippen LogP contribution in [0.1, 0.15) is 11.3 Å². The van der Waals surface area contributed by atoms with Crippen molar-refractivity contribution in [2.75, 3.05) is 0 Å². The molecule has 0 saturated carbocycles. The molecule has 0 bridgehead atoms. The van der Waals surface area contributed by atoms with Crippen molar-refractivity contribution in [1.29, 1.82) is 0 Å². The molecular formula is C11H13N3. The second-order valence-corrected chi connectivity index (χ2v) is 3.25. The second kappa shape index (κ2) is 3.64. The molecule has 0 aliphatic carbocycles. The summed E-state index contributed by atoms with van der Waals surface area (Å²) in [5.41, 5.74) is 8.87. The summed E-state index contributed by atoms with van der Waals surface area (Å²) >= 11 is 0. The van der Waals surface area contributed by atoms with E-state index in [1.165, 1.54) is 0 Å². The van der Waals surface area contributed by atoms with E-state index < -0.39 is 0 Å². The Morgan fingerprint density at radius 1 is 1.21 bits per heavy atom. The Balaban J connectivity index is 2.39. The minimum absolute atomic E-state index is 0.582. The lowest BCUT2D eigenvalue weighted by Gasteiger charge is -2.04. The van der Waals surface area contributed by atoms with Gasteiger partial charge in [-0.2, -0.15) is 5.10 Å². The number of rotatable bonds is 2. The zero-order valence-electron chi connectivity index (χ0n) is 8.14. The van der Waals surface area contributed by atoms with Gasteiger partial charge in [-0.3, -0.25) is 0 Å². The Hall–Kier alpha value is -1.61. The maximum absolute atomic E-state index is 5.53. The van der Waals surface area contributed by atoms with Gasteiger partial charge in [0.1, 0.15) is 0 Å². The lowest BCUT2D eigenvalue weighted by Crippen LogP contribution is -2.00. The molecule has 14 heavy (non-hydrogen) atoms. The summed E-state index contributed by atoms with van der Waals surface area (Å²) in [6, 6.07) is 10.1. The van der Waals surface area contributed by atoms with Gasteiger partial charge in [0.15, 0.2) is 0 Å². The Labute approximate surface area is 83.2 Å². The summed E-state index contributed by atoms with van der Waals surface area (Å²) in [6.45, 7) is 2.61. The van der Waals surface area contributed by atoms with Gasteiger partial charge in [0.05, 0.1) is 5.69 Å². The fourth-order valence-electron chi connectivity index (χ4n) is 1.41. The Kier molecular flexibility index (Phi) is 2.33. The molecule has 0 unspecified atom stereocenters. The molecule has 1 heterocycles. The molecule has 2 N–H and O–H groups in total. The number of hydrogen-bond donors (Lipinski definition) is 1. The first-order chi connectivity index (χ1) is 6.81. The highest BCUT2D eigenvalue weighted by atomic mass is 15.3. The van der Waals surface area contributed by atoms with Crippen molar-refractivity contribution in [3.63, 3.8) is 0 Å². The third-order valence-electron chi connectivity index (χ3n) is 2.25. The predicted octanol–water partition coefficient (Wildman–Crippen LogP) is 1.64. The van der Waals surface area contributed by atoms with Crippen molar-refractivity contribution in [3.05, 3.63) is 47.8 Å². The van der Waals surface area contributed by atoms with E-state index in [0.717, 1.165) is 16.9 Å². The Morgan fingerprint density at radius 3 is 2.43 bits per heavy atom. The van der Waals surface area contributed by atoms with Crippen LogP contribution in [0.3, 0.4) is 0 Å². The van der Waals surface area contributed by atoms with Gasteiger partial charge in [0.2, 0.25) is 0 Å². The van der Waals surface area contributed by atoms with Gasteiger partial charge in [-0.1, -0.05) is 12.1 Å². The molecule has 0 aliphatic heterocycles. The lowest BCUT2D eigenvalue weighted by molar-refractivity contribution is 0.846. The van der Waals surface area contributed by atoms with Crippen LogP contribution in [-0.4, -0.2) is 9.78 Å². The van der Waals surface area contributed by atoms with Crippen molar-refractivity contribution < 1.29 is 0 Å². The van der Waals surface area contributed by atoms with Gasteiger partial charge < -0.3 is 5.73 Å². The molecule has 3 nitrogen and oxygen atoms in total. The van der Waals surface area contributed by atoms with Crippen LogP contribution in [0.15, 0.2) is 36.5 Å². The molecule has 2 aromatic rings. The molecule has 3 heteroatoms. The van der Waals surface area contributed by atoms with Crippen LogP contribution in [0.25, 0.3) is 5.69 Å². The SMILES string of the molecule is Cc1ccnn1-c1ccc(CN)cc1. The van der Waals surface area contributed by atoms with Gasteiger partial charge in [0, 0.05) is 18.4 Å². The largest absolute Gasteiger partial charge is 0.326 e. The molecular weight excluding hydrogens is 174 g/mol. The van der Waals surface area contributed by atoms with Crippen molar-refractivity contribution >= 4 is 0 Å². The molecule has 0 atom stereocenters. The van der Waals surface area contributed by atoms with Crippen molar-refractivity contribution in [2.45, 2.75) is 13.5 Å². The fourth-order valence-corrected chi connectivity index (χ4v) is 1.41. The molecule has 0 saturated heterocycles. The molecule has 0 radical (unpaired) electrons. The van der Waals surface area contributed by atoms with Crippen LogP contribution in [0.4, 0.5) is 0 Å². The number of aryl methyl sites for hydroxylation is 1. The summed E-state index contributed by atoms with van der Waals surface area (Å²) in [7, 11) is 0. The lowest BCUT2D eigenvalue weighted by atomic mass is 10.2. The number of nitrogens with two attached hydrogens (primary N) is 1. The number of aromatic nitrogens is 2. The minimum atomic E-state index is 0.582. The first kappa shape index (κ1) is 8.97. The summed E-state index contributed by atoms with van der Waals surface area (Å²) in [5, 5.41) is 4.23.